The van der Waals surface area contributed by atoms with Crippen LogP contribution in [0.2, 0.25) is 5.15 Å². The molecule has 1 aliphatic rings. The molecule has 0 saturated carbocycles. The number of piperidine rings is 1. The van der Waals surface area contributed by atoms with Crippen molar-refractivity contribution in [2.45, 2.75) is 19.4 Å². The number of amides is 1. The topological polar surface area (TPSA) is 72.1 Å². The molecule has 1 fully saturated rings. The van der Waals surface area contributed by atoms with E-state index in [0.29, 0.717) is 18.2 Å². The van der Waals surface area contributed by atoms with Crippen molar-refractivity contribution < 1.29 is 4.79 Å². The third-order valence-electron chi connectivity index (χ3n) is 2.98. The summed E-state index contributed by atoms with van der Waals surface area (Å²) in [5, 5.41) is 8.19. The Kier molecular flexibility index (Phi) is 3.91. The van der Waals surface area contributed by atoms with Crippen molar-refractivity contribution >= 4 is 17.5 Å². The van der Waals surface area contributed by atoms with Crippen molar-refractivity contribution in [2.24, 2.45) is 11.7 Å². The van der Waals surface area contributed by atoms with Gasteiger partial charge in [-0.3, -0.25) is 9.69 Å². The molecule has 2 N–H and O–H groups in total. The van der Waals surface area contributed by atoms with E-state index in [1.54, 1.807) is 6.07 Å². The third kappa shape index (κ3) is 3.38. The molecule has 1 amide bonds. The Morgan fingerprint density at radius 1 is 1.53 bits per heavy atom. The molecule has 0 aromatic carbocycles. The summed E-state index contributed by atoms with van der Waals surface area (Å²) in [6.45, 7) is 2.36. The maximum absolute atomic E-state index is 11.1. The van der Waals surface area contributed by atoms with Gasteiger partial charge in [0.1, 0.15) is 0 Å². The standard InChI is InChI=1S/C11H15ClN4O/c12-10-4-3-9(14-15-10)7-16-5-1-2-8(6-16)11(13)17/h3-4,8H,1-2,5-7H2,(H2,13,17). The number of carbonyl (C=O) groups excluding carboxylic acids is 1. The number of hydrogen-bond acceptors (Lipinski definition) is 4. The SMILES string of the molecule is NC(=O)C1CCCN(Cc2ccc(Cl)nn2)C1. The van der Waals surface area contributed by atoms with Gasteiger partial charge in [-0.2, -0.15) is 5.10 Å². The smallest absolute Gasteiger partial charge is 0.221 e. The maximum atomic E-state index is 11.1. The molecule has 17 heavy (non-hydrogen) atoms. The molecular formula is C11H15ClN4O. The number of carbonyl (C=O) groups is 1. The number of likely N-dealkylation sites (tertiary alicyclic amines) is 1. The lowest BCUT2D eigenvalue weighted by Crippen LogP contribution is -2.40. The minimum Gasteiger partial charge on any atom is -0.369 e. The Labute approximate surface area is 105 Å². The zero-order chi connectivity index (χ0) is 12.3. The summed E-state index contributed by atoms with van der Waals surface area (Å²) in [4.78, 5) is 13.3. The average Bonchev–Trinajstić information content (AvgIpc) is 2.32. The van der Waals surface area contributed by atoms with E-state index in [9.17, 15) is 4.79 Å². The second-order valence-corrected chi connectivity index (χ2v) is 4.71. The predicted octanol–water partition coefficient (Wildman–Crippen LogP) is 0.827. The van der Waals surface area contributed by atoms with Crippen molar-refractivity contribution in [1.29, 1.82) is 0 Å². The summed E-state index contributed by atoms with van der Waals surface area (Å²) >= 11 is 5.67. The highest BCUT2D eigenvalue weighted by Gasteiger charge is 2.24. The maximum Gasteiger partial charge on any atom is 0.221 e. The van der Waals surface area contributed by atoms with Crippen LogP contribution in [0.1, 0.15) is 18.5 Å². The molecule has 2 rings (SSSR count). The van der Waals surface area contributed by atoms with E-state index in [0.717, 1.165) is 25.1 Å². The third-order valence-corrected chi connectivity index (χ3v) is 3.18. The van der Waals surface area contributed by atoms with Gasteiger partial charge >= 0.3 is 0 Å². The fourth-order valence-electron chi connectivity index (χ4n) is 2.09. The fourth-order valence-corrected chi connectivity index (χ4v) is 2.19. The fraction of sp³-hybridized carbons (Fsp3) is 0.545. The molecule has 1 aliphatic heterocycles. The monoisotopic (exact) mass is 254 g/mol. The highest BCUT2D eigenvalue weighted by molar-refractivity contribution is 6.29. The quantitative estimate of drug-likeness (QED) is 0.867. The van der Waals surface area contributed by atoms with E-state index in [2.05, 4.69) is 15.1 Å². The molecular weight excluding hydrogens is 240 g/mol. The largest absolute Gasteiger partial charge is 0.369 e. The lowest BCUT2D eigenvalue weighted by molar-refractivity contribution is -0.123. The second kappa shape index (κ2) is 5.42. The van der Waals surface area contributed by atoms with Gasteiger partial charge in [-0.25, -0.2) is 0 Å². The van der Waals surface area contributed by atoms with E-state index in [1.807, 2.05) is 6.07 Å². The molecule has 92 valence electrons. The first kappa shape index (κ1) is 12.3. The van der Waals surface area contributed by atoms with Crippen LogP contribution in [-0.2, 0) is 11.3 Å². The molecule has 5 nitrogen and oxygen atoms in total. The Morgan fingerprint density at radius 3 is 3.00 bits per heavy atom. The first-order valence-electron chi connectivity index (χ1n) is 5.65. The Morgan fingerprint density at radius 2 is 2.35 bits per heavy atom. The molecule has 1 aromatic heterocycles. The molecule has 0 spiro atoms. The van der Waals surface area contributed by atoms with Crippen LogP contribution in [0.25, 0.3) is 0 Å². The molecule has 1 unspecified atom stereocenters. The lowest BCUT2D eigenvalue weighted by Gasteiger charge is -2.30. The van der Waals surface area contributed by atoms with E-state index in [1.165, 1.54) is 0 Å². The predicted molar refractivity (Wildman–Crippen MR) is 64.2 cm³/mol. The molecule has 1 aromatic rings. The van der Waals surface area contributed by atoms with Crippen LogP contribution in [0.4, 0.5) is 0 Å². The van der Waals surface area contributed by atoms with Crippen LogP contribution in [-0.4, -0.2) is 34.1 Å². The Hall–Kier alpha value is -1.20. The van der Waals surface area contributed by atoms with Crippen molar-refractivity contribution in [2.75, 3.05) is 13.1 Å². The number of nitrogens with two attached hydrogens (primary N) is 1. The molecule has 2 heterocycles. The molecule has 0 bridgehead atoms. The van der Waals surface area contributed by atoms with Crippen molar-refractivity contribution in [1.82, 2.24) is 15.1 Å². The first-order chi connectivity index (χ1) is 8.15. The van der Waals surface area contributed by atoms with Crippen LogP contribution in [0.15, 0.2) is 12.1 Å². The first-order valence-corrected chi connectivity index (χ1v) is 6.03. The van der Waals surface area contributed by atoms with Gasteiger partial charge < -0.3 is 5.73 Å². The van der Waals surface area contributed by atoms with E-state index >= 15 is 0 Å². The van der Waals surface area contributed by atoms with Crippen LogP contribution >= 0.6 is 11.6 Å². The van der Waals surface area contributed by atoms with Gasteiger partial charge in [0.05, 0.1) is 11.6 Å². The summed E-state index contributed by atoms with van der Waals surface area (Å²) in [5.41, 5.74) is 6.19. The zero-order valence-electron chi connectivity index (χ0n) is 9.47. The highest BCUT2D eigenvalue weighted by Crippen LogP contribution is 2.17. The van der Waals surface area contributed by atoms with Gasteiger partial charge in [-0.05, 0) is 31.5 Å². The van der Waals surface area contributed by atoms with E-state index < -0.39 is 0 Å². The average molecular weight is 255 g/mol. The van der Waals surface area contributed by atoms with Gasteiger partial charge in [0, 0.05) is 13.1 Å². The minimum atomic E-state index is -0.211. The highest BCUT2D eigenvalue weighted by atomic mass is 35.5. The number of nitrogens with zero attached hydrogens (tertiary/aromatic N) is 3. The van der Waals surface area contributed by atoms with Crippen molar-refractivity contribution in [3.8, 4) is 0 Å². The van der Waals surface area contributed by atoms with Gasteiger partial charge in [0.25, 0.3) is 0 Å². The number of primary amides is 1. The molecule has 0 aliphatic carbocycles. The number of rotatable bonds is 3. The Balaban J connectivity index is 1.94. The van der Waals surface area contributed by atoms with E-state index in [4.69, 9.17) is 17.3 Å². The lowest BCUT2D eigenvalue weighted by atomic mass is 9.97. The van der Waals surface area contributed by atoms with Crippen molar-refractivity contribution in [3.63, 3.8) is 0 Å². The molecule has 0 radical (unpaired) electrons. The summed E-state index contributed by atoms with van der Waals surface area (Å²) in [6.07, 6.45) is 1.88. The van der Waals surface area contributed by atoms with Gasteiger partial charge in [-0.15, -0.1) is 5.10 Å². The van der Waals surface area contributed by atoms with Crippen molar-refractivity contribution in [3.05, 3.63) is 23.0 Å². The molecule has 1 atom stereocenters. The van der Waals surface area contributed by atoms with Crippen LogP contribution in [0.5, 0.6) is 0 Å². The van der Waals surface area contributed by atoms with Crippen LogP contribution in [0.3, 0.4) is 0 Å². The number of aromatic nitrogens is 2. The van der Waals surface area contributed by atoms with Gasteiger partial charge in [0.2, 0.25) is 5.91 Å². The summed E-state index contributed by atoms with van der Waals surface area (Å²) in [6, 6.07) is 3.57. The minimum absolute atomic E-state index is 0.0380. The van der Waals surface area contributed by atoms with Crippen LogP contribution in [0, 0.1) is 5.92 Å². The Bertz CT molecular complexity index is 395. The summed E-state index contributed by atoms with van der Waals surface area (Å²) < 4.78 is 0. The van der Waals surface area contributed by atoms with E-state index in [-0.39, 0.29) is 11.8 Å². The summed E-state index contributed by atoms with van der Waals surface area (Å²) in [5.74, 6) is -0.249. The number of hydrogen-bond donors (Lipinski definition) is 1. The molecule has 6 heteroatoms. The van der Waals surface area contributed by atoms with Gasteiger partial charge in [0.15, 0.2) is 5.15 Å². The zero-order valence-corrected chi connectivity index (χ0v) is 10.2. The van der Waals surface area contributed by atoms with Gasteiger partial charge in [-0.1, -0.05) is 11.6 Å². The summed E-state index contributed by atoms with van der Waals surface area (Å²) in [7, 11) is 0. The van der Waals surface area contributed by atoms with Crippen LogP contribution < -0.4 is 5.73 Å². The number of halogens is 1. The normalized spacial score (nSPS) is 21.4. The molecule has 1 saturated heterocycles. The second-order valence-electron chi connectivity index (χ2n) is 4.32.